The Bertz CT molecular complexity index is 986. The van der Waals surface area contributed by atoms with Crippen LogP contribution in [-0.4, -0.2) is 17.4 Å². The Balaban J connectivity index is 2.02. The molecular formula is C20H21I2N5O4. The van der Waals surface area contributed by atoms with Gasteiger partial charge in [-0.05, 0) is 87.3 Å². The summed E-state index contributed by atoms with van der Waals surface area (Å²) in [5.74, 6) is 0.346. The van der Waals surface area contributed by atoms with Crippen molar-refractivity contribution in [3.8, 4) is 5.75 Å². The number of carbonyl (C=O) groups excluding carboxylic acids is 1. The van der Waals surface area contributed by atoms with Gasteiger partial charge in [-0.25, -0.2) is 0 Å². The zero-order valence-electron chi connectivity index (χ0n) is 16.8. The van der Waals surface area contributed by atoms with Crippen LogP contribution in [0.25, 0.3) is 10.4 Å². The maximum absolute atomic E-state index is 12.0. The number of benzene rings is 2. The fourth-order valence-corrected chi connectivity index (χ4v) is 4.93. The number of azide groups is 1. The maximum Gasteiger partial charge on any atom is 0.311 e. The van der Waals surface area contributed by atoms with Crippen molar-refractivity contribution >= 4 is 68.2 Å². The van der Waals surface area contributed by atoms with Crippen LogP contribution in [0.5, 0.6) is 5.75 Å². The Kier molecular flexibility index (Phi) is 10.3. The number of carbonyl (C=O) groups is 1. The van der Waals surface area contributed by atoms with Gasteiger partial charge in [0.05, 0.1) is 12.1 Å². The molecule has 0 bridgehead atoms. The van der Waals surface area contributed by atoms with E-state index in [1.165, 1.54) is 18.2 Å². The number of hydrogen-bond acceptors (Lipinski definition) is 6. The van der Waals surface area contributed by atoms with Crippen molar-refractivity contribution in [3.63, 3.8) is 0 Å². The first kappa shape index (κ1) is 25.1. The zero-order chi connectivity index (χ0) is 22.8. The molecule has 11 heteroatoms. The summed E-state index contributed by atoms with van der Waals surface area (Å²) in [4.78, 5) is 25.5. The highest BCUT2D eigenvalue weighted by molar-refractivity contribution is 14.1. The van der Waals surface area contributed by atoms with Gasteiger partial charge in [0.2, 0.25) is 0 Å². The summed E-state index contributed by atoms with van der Waals surface area (Å²) in [6.07, 6.45) is 3.89. The third-order valence-electron chi connectivity index (χ3n) is 4.33. The number of halogens is 2. The number of hydrogen-bond donors (Lipinski definition) is 1. The van der Waals surface area contributed by atoms with E-state index >= 15 is 0 Å². The van der Waals surface area contributed by atoms with Crippen LogP contribution in [0.3, 0.4) is 0 Å². The van der Waals surface area contributed by atoms with Gasteiger partial charge in [-0.2, -0.15) is 0 Å². The standard InChI is InChI=1S/C20H21I2N5O4/c1-2-3-4-5-19(28)31-20-15(21)10-13(11-16(20)22)8-9-24-17-7-6-14(25-26-23)12-18(17)27(29)30/h6-7,10-12,24H,2-5,8-9H2,1H3. The predicted octanol–water partition coefficient (Wildman–Crippen LogP) is 6.89. The highest BCUT2D eigenvalue weighted by Crippen LogP contribution is 2.31. The second kappa shape index (κ2) is 12.7. The first-order valence-electron chi connectivity index (χ1n) is 9.61. The van der Waals surface area contributed by atoms with Crippen LogP contribution in [0, 0.1) is 17.3 Å². The molecule has 0 atom stereocenters. The maximum atomic E-state index is 12.0. The average Bonchev–Trinajstić information content (AvgIpc) is 2.72. The number of nitro benzene ring substituents is 1. The van der Waals surface area contributed by atoms with Crippen LogP contribution >= 0.6 is 45.2 Å². The number of nitrogens with zero attached hydrogens (tertiary/aromatic N) is 4. The van der Waals surface area contributed by atoms with Gasteiger partial charge >= 0.3 is 5.97 Å². The minimum Gasteiger partial charge on any atom is -0.424 e. The van der Waals surface area contributed by atoms with E-state index in [1.807, 2.05) is 12.1 Å². The number of unbranched alkanes of at least 4 members (excludes halogenated alkanes) is 2. The van der Waals surface area contributed by atoms with E-state index in [9.17, 15) is 14.9 Å². The summed E-state index contributed by atoms with van der Waals surface area (Å²) < 4.78 is 7.23. The third-order valence-corrected chi connectivity index (χ3v) is 5.93. The summed E-state index contributed by atoms with van der Waals surface area (Å²) in [6.45, 7) is 2.55. The third kappa shape index (κ3) is 7.82. The van der Waals surface area contributed by atoms with Gasteiger partial charge in [0.1, 0.15) is 5.69 Å². The number of rotatable bonds is 11. The Hall–Kier alpha value is -2.12. The summed E-state index contributed by atoms with van der Waals surface area (Å²) in [5, 5.41) is 17.8. The molecule has 0 fully saturated rings. The smallest absolute Gasteiger partial charge is 0.311 e. The van der Waals surface area contributed by atoms with Crippen LogP contribution in [0.2, 0.25) is 0 Å². The van der Waals surface area contributed by atoms with Crippen LogP contribution in [0.1, 0.15) is 38.2 Å². The second-order valence-corrected chi connectivity index (χ2v) is 8.97. The molecule has 0 spiro atoms. The van der Waals surface area contributed by atoms with Crippen molar-refractivity contribution in [1.82, 2.24) is 0 Å². The molecule has 31 heavy (non-hydrogen) atoms. The summed E-state index contributed by atoms with van der Waals surface area (Å²) in [5.41, 5.74) is 9.89. The van der Waals surface area contributed by atoms with Crippen molar-refractivity contribution in [3.05, 3.63) is 63.6 Å². The Morgan fingerprint density at radius 3 is 2.58 bits per heavy atom. The predicted molar refractivity (Wildman–Crippen MR) is 136 cm³/mol. The molecule has 2 aromatic rings. The number of nitrogens with one attached hydrogen (secondary N) is 1. The van der Waals surface area contributed by atoms with Gasteiger partial charge in [0, 0.05) is 29.6 Å². The first-order chi connectivity index (χ1) is 14.8. The van der Waals surface area contributed by atoms with Gasteiger partial charge in [-0.3, -0.25) is 14.9 Å². The second-order valence-electron chi connectivity index (χ2n) is 6.64. The Morgan fingerprint density at radius 1 is 1.26 bits per heavy atom. The molecule has 0 aliphatic heterocycles. The fraction of sp³-hybridized carbons (Fsp3) is 0.350. The van der Waals surface area contributed by atoms with Crippen LogP contribution < -0.4 is 10.1 Å². The van der Waals surface area contributed by atoms with E-state index in [0.717, 1.165) is 32.0 Å². The number of anilines is 1. The lowest BCUT2D eigenvalue weighted by atomic mass is 10.1. The highest BCUT2D eigenvalue weighted by Gasteiger charge is 2.15. The largest absolute Gasteiger partial charge is 0.424 e. The molecule has 0 unspecified atom stereocenters. The SMILES string of the molecule is CCCCCC(=O)Oc1c(I)cc(CCNc2ccc(N=[N+]=[N-])cc2[N+](=O)[O-])cc1I. The van der Waals surface area contributed by atoms with Gasteiger partial charge in [-0.15, -0.1) is 0 Å². The van der Waals surface area contributed by atoms with E-state index in [1.54, 1.807) is 0 Å². The molecule has 1 N–H and O–H groups in total. The van der Waals surface area contributed by atoms with Gasteiger partial charge < -0.3 is 10.1 Å². The van der Waals surface area contributed by atoms with Crippen LogP contribution in [0.15, 0.2) is 35.4 Å². The van der Waals surface area contributed by atoms with E-state index in [2.05, 4.69) is 67.4 Å². The van der Waals surface area contributed by atoms with E-state index < -0.39 is 4.92 Å². The van der Waals surface area contributed by atoms with Gasteiger partial charge in [-0.1, -0.05) is 30.9 Å². The average molecular weight is 649 g/mol. The summed E-state index contributed by atoms with van der Waals surface area (Å²) in [6, 6.07) is 8.16. The molecule has 0 aliphatic carbocycles. The first-order valence-corrected chi connectivity index (χ1v) is 11.8. The number of nitro groups is 1. The Morgan fingerprint density at radius 2 is 1.97 bits per heavy atom. The molecule has 0 saturated carbocycles. The normalized spacial score (nSPS) is 10.3. The van der Waals surface area contributed by atoms with E-state index in [-0.39, 0.29) is 17.3 Å². The fourth-order valence-electron chi connectivity index (χ4n) is 2.81. The van der Waals surface area contributed by atoms with Gasteiger partial charge in [0.15, 0.2) is 5.75 Å². The quantitative estimate of drug-likeness (QED) is 0.0326. The van der Waals surface area contributed by atoms with Crippen molar-refractivity contribution in [2.24, 2.45) is 5.11 Å². The minimum absolute atomic E-state index is 0.153. The van der Waals surface area contributed by atoms with Crippen LogP contribution in [0.4, 0.5) is 17.1 Å². The number of ether oxygens (including phenoxy) is 1. The summed E-state index contributed by atoms with van der Waals surface area (Å²) in [7, 11) is 0. The lowest BCUT2D eigenvalue weighted by Crippen LogP contribution is -2.11. The molecule has 2 rings (SSSR count). The monoisotopic (exact) mass is 649 g/mol. The molecule has 0 saturated heterocycles. The molecule has 0 aliphatic rings. The summed E-state index contributed by atoms with van der Waals surface area (Å²) >= 11 is 4.29. The molecule has 0 radical (unpaired) electrons. The topological polar surface area (TPSA) is 130 Å². The molecule has 0 heterocycles. The highest BCUT2D eigenvalue weighted by atomic mass is 127. The van der Waals surface area contributed by atoms with Crippen molar-refractivity contribution in [1.29, 1.82) is 0 Å². The van der Waals surface area contributed by atoms with Crippen molar-refractivity contribution in [2.75, 3.05) is 11.9 Å². The minimum atomic E-state index is -0.520. The van der Waals surface area contributed by atoms with E-state index in [0.29, 0.717) is 30.8 Å². The molecule has 164 valence electrons. The van der Waals surface area contributed by atoms with Gasteiger partial charge in [0.25, 0.3) is 5.69 Å². The van der Waals surface area contributed by atoms with E-state index in [4.69, 9.17) is 10.3 Å². The molecule has 0 amide bonds. The van der Waals surface area contributed by atoms with Crippen LogP contribution in [-0.2, 0) is 11.2 Å². The molecular weight excluding hydrogens is 628 g/mol. The molecule has 2 aromatic carbocycles. The molecule has 9 nitrogen and oxygen atoms in total. The van der Waals surface area contributed by atoms with Crippen molar-refractivity contribution in [2.45, 2.75) is 39.0 Å². The lowest BCUT2D eigenvalue weighted by molar-refractivity contribution is -0.383. The number of esters is 1. The van der Waals surface area contributed by atoms with Crippen molar-refractivity contribution < 1.29 is 14.5 Å². The Labute approximate surface area is 207 Å². The lowest BCUT2D eigenvalue weighted by Gasteiger charge is -2.12. The molecule has 0 aromatic heterocycles. The zero-order valence-corrected chi connectivity index (χ0v) is 21.1.